The van der Waals surface area contributed by atoms with Gasteiger partial charge < -0.3 is 5.32 Å². The molecule has 6 heteroatoms. The molecular formula is C10H6ClFN2OS. The molecule has 1 aromatic heterocycles. The largest absolute Gasteiger partial charge is 0.321 e. The molecule has 0 aliphatic heterocycles. The highest BCUT2D eigenvalue weighted by Gasteiger charge is 2.08. The van der Waals surface area contributed by atoms with Crippen LogP contribution >= 0.6 is 23.1 Å². The maximum Gasteiger partial charge on any atom is 0.267 e. The van der Waals surface area contributed by atoms with E-state index in [4.69, 9.17) is 11.6 Å². The molecule has 1 heterocycles. The minimum absolute atomic E-state index is 0.0258. The SMILES string of the molecule is O=C(Nc1ccc(F)c(Cl)c1)c1ccns1. The topological polar surface area (TPSA) is 42.0 Å². The molecule has 0 atom stereocenters. The molecule has 0 radical (unpaired) electrons. The first-order valence-electron chi connectivity index (χ1n) is 4.34. The van der Waals surface area contributed by atoms with Gasteiger partial charge in [0.05, 0.1) is 5.02 Å². The van der Waals surface area contributed by atoms with Crippen LogP contribution in [0.4, 0.5) is 10.1 Å². The lowest BCUT2D eigenvalue weighted by Crippen LogP contribution is -2.10. The van der Waals surface area contributed by atoms with Crippen LogP contribution in [0.1, 0.15) is 9.67 Å². The van der Waals surface area contributed by atoms with Gasteiger partial charge in [0.15, 0.2) is 0 Å². The average Bonchev–Trinajstić information content (AvgIpc) is 2.77. The molecule has 0 saturated heterocycles. The third-order valence-electron chi connectivity index (χ3n) is 1.84. The Bertz CT molecular complexity index is 516. The molecule has 0 aliphatic carbocycles. The molecule has 16 heavy (non-hydrogen) atoms. The highest BCUT2D eigenvalue weighted by atomic mass is 35.5. The Morgan fingerprint density at radius 3 is 2.88 bits per heavy atom. The molecule has 0 bridgehead atoms. The Labute approximate surface area is 100 Å². The predicted octanol–water partition coefficient (Wildman–Crippen LogP) is 3.19. The van der Waals surface area contributed by atoms with Crippen LogP contribution in [0, 0.1) is 5.82 Å². The van der Waals surface area contributed by atoms with Gasteiger partial charge in [0.2, 0.25) is 0 Å². The van der Waals surface area contributed by atoms with E-state index in [1.807, 2.05) is 0 Å². The van der Waals surface area contributed by atoms with Crippen LogP contribution in [0.5, 0.6) is 0 Å². The zero-order valence-electron chi connectivity index (χ0n) is 7.91. The van der Waals surface area contributed by atoms with Gasteiger partial charge >= 0.3 is 0 Å². The second kappa shape index (κ2) is 4.59. The van der Waals surface area contributed by atoms with Gasteiger partial charge in [-0.1, -0.05) is 11.6 Å². The van der Waals surface area contributed by atoms with Crippen LogP contribution in [0.15, 0.2) is 30.5 Å². The molecule has 3 nitrogen and oxygen atoms in total. The number of aromatic nitrogens is 1. The summed E-state index contributed by atoms with van der Waals surface area (Å²) in [7, 11) is 0. The lowest BCUT2D eigenvalue weighted by atomic mass is 10.3. The smallest absolute Gasteiger partial charge is 0.267 e. The molecule has 2 rings (SSSR count). The van der Waals surface area contributed by atoms with Crippen LogP contribution in [0.2, 0.25) is 5.02 Å². The second-order valence-corrected chi connectivity index (χ2v) is 4.20. The van der Waals surface area contributed by atoms with Gasteiger partial charge in [-0.05, 0) is 35.8 Å². The number of hydrogen-bond acceptors (Lipinski definition) is 3. The number of benzene rings is 1. The molecule has 0 aliphatic rings. The second-order valence-electron chi connectivity index (χ2n) is 2.96. The fourth-order valence-electron chi connectivity index (χ4n) is 1.10. The van der Waals surface area contributed by atoms with E-state index in [1.54, 1.807) is 6.07 Å². The first-order valence-corrected chi connectivity index (χ1v) is 5.49. The number of nitrogens with one attached hydrogen (secondary N) is 1. The van der Waals surface area contributed by atoms with E-state index in [1.165, 1.54) is 24.4 Å². The fourth-order valence-corrected chi connectivity index (χ4v) is 1.77. The molecule has 0 spiro atoms. The summed E-state index contributed by atoms with van der Waals surface area (Å²) in [5, 5.41) is 2.57. The van der Waals surface area contributed by atoms with Gasteiger partial charge in [-0.15, -0.1) is 0 Å². The summed E-state index contributed by atoms with van der Waals surface area (Å²) < 4.78 is 16.7. The Balaban J connectivity index is 2.15. The van der Waals surface area contributed by atoms with Gasteiger partial charge in [-0.25, -0.2) is 8.76 Å². The lowest BCUT2D eigenvalue weighted by molar-refractivity contribution is 0.103. The van der Waals surface area contributed by atoms with Crippen molar-refractivity contribution in [2.45, 2.75) is 0 Å². The van der Waals surface area contributed by atoms with E-state index in [9.17, 15) is 9.18 Å². The van der Waals surface area contributed by atoms with Crippen molar-refractivity contribution < 1.29 is 9.18 Å². The minimum atomic E-state index is -0.516. The van der Waals surface area contributed by atoms with Crippen molar-refractivity contribution >= 4 is 34.7 Å². The van der Waals surface area contributed by atoms with Crippen molar-refractivity contribution in [3.8, 4) is 0 Å². The summed E-state index contributed by atoms with van der Waals surface area (Å²) in [4.78, 5) is 12.1. The highest BCUT2D eigenvalue weighted by Crippen LogP contribution is 2.20. The monoisotopic (exact) mass is 256 g/mol. The first kappa shape index (κ1) is 11.0. The summed E-state index contributed by atoms with van der Waals surface area (Å²) >= 11 is 6.67. The van der Waals surface area contributed by atoms with Gasteiger partial charge in [-0.2, -0.15) is 0 Å². The average molecular weight is 257 g/mol. The van der Waals surface area contributed by atoms with Crippen molar-refractivity contribution in [2.24, 2.45) is 0 Å². The zero-order chi connectivity index (χ0) is 11.5. The lowest BCUT2D eigenvalue weighted by Gasteiger charge is -2.03. The minimum Gasteiger partial charge on any atom is -0.321 e. The summed E-state index contributed by atoms with van der Waals surface area (Å²) in [6.45, 7) is 0. The highest BCUT2D eigenvalue weighted by molar-refractivity contribution is 7.08. The van der Waals surface area contributed by atoms with Crippen molar-refractivity contribution in [2.75, 3.05) is 5.32 Å². The van der Waals surface area contributed by atoms with Gasteiger partial charge in [0.25, 0.3) is 5.91 Å². The molecule has 0 fully saturated rings. The molecule has 0 unspecified atom stereocenters. The normalized spacial score (nSPS) is 10.1. The summed E-state index contributed by atoms with van der Waals surface area (Å²) in [6.07, 6.45) is 1.54. The van der Waals surface area contributed by atoms with Crippen LogP contribution in [-0.2, 0) is 0 Å². The zero-order valence-corrected chi connectivity index (χ0v) is 9.48. The predicted molar refractivity (Wildman–Crippen MR) is 61.5 cm³/mol. The Hall–Kier alpha value is -1.46. The van der Waals surface area contributed by atoms with E-state index in [-0.39, 0.29) is 10.9 Å². The third-order valence-corrected chi connectivity index (χ3v) is 2.87. The maximum absolute atomic E-state index is 12.9. The molecule has 0 saturated carbocycles. The van der Waals surface area contributed by atoms with Gasteiger partial charge in [0, 0.05) is 11.9 Å². The fraction of sp³-hybridized carbons (Fsp3) is 0. The Morgan fingerprint density at radius 2 is 2.25 bits per heavy atom. The van der Waals surface area contributed by atoms with Crippen molar-refractivity contribution in [1.29, 1.82) is 0 Å². The van der Waals surface area contributed by atoms with E-state index in [0.717, 1.165) is 11.5 Å². The number of hydrogen-bond donors (Lipinski definition) is 1. The Morgan fingerprint density at radius 1 is 1.44 bits per heavy atom. The number of anilines is 1. The first-order chi connectivity index (χ1) is 7.66. The van der Waals surface area contributed by atoms with Crippen LogP contribution < -0.4 is 5.32 Å². The van der Waals surface area contributed by atoms with Crippen molar-refractivity contribution in [3.05, 3.63) is 46.2 Å². The van der Waals surface area contributed by atoms with Crippen molar-refractivity contribution in [3.63, 3.8) is 0 Å². The van der Waals surface area contributed by atoms with Crippen molar-refractivity contribution in [1.82, 2.24) is 4.37 Å². The number of carbonyl (C=O) groups excluding carboxylic acids is 1. The summed E-state index contributed by atoms with van der Waals surface area (Å²) in [5.41, 5.74) is 0.449. The molecule has 82 valence electrons. The molecule has 2 aromatic rings. The standard InChI is InChI=1S/C10H6ClFN2OS/c11-7-5-6(1-2-8(7)12)14-10(15)9-3-4-13-16-9/h1-5H,(H,14,15). The van der Waals surface area contributed by atoms with Gasteiger partial charge in [-0.3, -0.25) is 4.79 Å². The van der Waals surface area contributed by atoms with Crippen LogP contribution in [-0.4, -0.2) is 10.3 Å². The number of amides is 1. The summed E-state index contributed by atoms with van der Waals surface area (Å²) in [6, 6.07) is 5.60. The van der Waals surface area contributed by atoms with Gasteiger partial charge in [0.1, 0.15) is 10.7 Å². The molecule has 1 aromatic carbocycles. The maximum atomic E-state index is 12.9. The number of carbonyl (C=O) groups is 1. The van der Waals surface area contributed by atoms with Crippen LogP contribution in [0.25, 0.3) is 0 Å². The molecular weight excluding hydrogens is 251 g/mol. The summed E-state index contributed by atoms with van der Waals surface area (Å²) in [5.74, 6) is -0.803. The van der Waals surface area contributed by atoms with E-state index >= 15 is 0 Å². The van der Waals surface area contributed by atoms with E-state index < -0.39 is 5.82 Å². The van der Waals surface area contributed by atoms with E-state index in [2.05, 4.69) is 9.69 Å². The number of nitrogens with zero attached hydrogens (tertiary/aromatic N) is 1. The quantitative estimate of drug-likeness (QED) is 0.897. The number of halogens is 2. The number of rotatable bonds is 2. The Kier molecular flexibility index (Phi) is 3.17. The molecule has 1 N–H and O–H groups in total. The van der Waals surface area contributed by atoms with E-state index in [0.29, 0.717) is 10.6 Å². The third kappa shape index (κ3) is 2.37. The van der Waals surface area contributed by atoms with Crippen LogP contribution in [0.3, 0.4) is 0 Å². The molecule has 1 amide bonds.